The molecule has 0 spiro atoms. The van der Waals surface area contributed by atoms with Crippen LogP contribution < -0.4 is 5.32 Å². The smallest absolute Gasteiger partial charge is 0.316 e. The van der Waals surface area contributed by atoms with Crippen molar-refractivity contribution in [2.24, 2.45) is 0 Å². The number of nitrogens with one attached hydrogen (secondary N) is 1. The highest BCUT2D eigenvalue weighted by Gasteiger charge is 2.12. The van der Waals surface area contributed by atoms with Crippen LogP contribution in [0.4, 0.5) is 11.4 Å². The summed E-state index contributed by atoms with van der Waals surface area (Å²) in [6.07, 6.45) is 0. The second kappa shape index (κ2) is 9.72. The van der Waals surface area contributed by atoms with Crippen LogP contribution in [0.1, 0.15) is 25.3 Å². The summed E-state index contributed by atoms with van der Waals surface area (Å²) >= 11 is 1.18. The average Bonchev–Trinajstić information content (AvgIpc) is 2.65. The van der Waals surface area contributed by atoms with Gasteiger partial charge in [0.2, 0.25) is 0 Å². The Morgan fingerprint density at radius 1 is 1.15 bits per heavy atom. The van der Waals surface area contributed by atoms with Gasteiger partial charge in [-0.25, -0.2) is 0 Å². The molecular weight excluding hydrogens is 368 g/mol. The van der Waals surface area contributed by atoms with E-state index in [4.69, 9.17) is 4.74 Å². The number of thioether (sulfide) groups is 1. The standard InChI is InChI=1S/C19H20N2O5S/c1-13(2)16-5-3-4-6-17(16)20-18(22)11-26-19(23)12-27-15-9-7-14(8-10-15)21(24)25/h3-10,13H,11-12H2,1-2H3,(H,20,22). The maximum Gasteiger partial charge on any atom is 0.316 e. The number of amides is 1. The van der Waals surface area contributed by atoms with Crippen molar-refractivity contribution in [1.29, 1.82) is 0 Å². The van der Waals surface area contributed by atoms with Gasteiger partial charge in [0.1, 0.15) is 0 Å². The van der Waals surface area contributed by atoms with Gasteiger partial charge in [-0.3, -0.25) is 19.7 Å². The molecule has 8 heteroatoms. The number of rotatable bonds is 8. The Morgan fingerprint density at radius 2 is 1.81 bits per heavy atom. The summed E-state index contributed by atoms with van der Waals surface area (Å²) in [4.78, 5) is 34.6. The summed E-state index contributed by atoms with van der Waals surface area (Å²) in [5.41, 5.74) is 1.69. The first kappa shape index (κ1) is 20.4. The lowest BCUT2D eigenvalue weighted by Gasteiger charge is -2.13. The number of hydrogen-bond donors (Lipinski definition) is 1. The Balaban J connectivity index is 1.78. The molecule has 27 heavy (non-hydrogen) atoms. The average molecular weight is 388 g/mol. The number of nitro benzene ring substituents is 1. The molecule has 1 amide bonds. The number of non-ortho nitro benzene ring substituents is 1. The Bertz CT molecular complexity index is 821. The van der Waals surface area contributed by atoms with E-state index in [0.717, 1.165) is 5.56 Å². The number of esters is 1. The van der Waals surface area contributed by atoms with Gasteiger partial charge < -0.3 is 10.1 Å². The molecule has 142 valence electrons. The van der Waals surface area contributed by atoms with Crippen molar-refractivity contribution in [3.8, 4) is 0 Å². The summed E-state index contributed by atoms with van der Waals surface area (Å²) in [6, 6.07) is 13.3. The molecule has 2 rings (SSSR count). The third-order valence-electron chi connectivity index (χ3n) is 3.63. The van der Waals surface area contributed by atoms with Crippen LogP contribution in [0.3, 0.4) is 0 Å². The first-order chi connectivity index (χ1) is 12.9. The highest BCUT2D eigenvalue weighted by molar-refractivity contribution is 8.00. The van der Waals surface area contributed by atoms with Gasteiger partial charge in [-0.1, -0.05) is 32.0 Å². The minimum Gasteiger partial charge on any atom is -0.455 e. The molecule has 0 aliphatic heterocycles. The van der Waals surface area contributed by atoms with Crippen molar-refractivity contribution in [3.63, 3.8) is 0 Å². The third kappa shape index (κ3) is 6.41. The van der Waals surface area contributed by atoms with E-state index >= 15 is 0 Å². The lowest BCUT2D eigenvalue weighted by atomic mass is 10.0. The van der Waals surface area contributed by atoms with Crippen molar-refractivity contribution >= 4 is 35.0 Å². The first-order valence-electron chi connectivity index (χ1n) is 8.28. The summed E-state index contributed by atoms with van der Waals surface area (Å²) < 4.78 is 4.98. The summed E-state index contributed by atoms with van der Waals surface area (Å²) in [5.74, 6) is -0.683. The quantitative estimate of drug-likeness (QED) is 0.318. The molecule has 0 aliphatic rings. The topological polar surface area (TPSA) is 98.5 Å². The number of ether oxygens (including phenoxy) is 1. The molecule has 2 aromatic carbocycles. The molecule has 0 bridgehead atoms. The van der Waals surface area contributed by atoms with Crippen LogP contribution in [0.5, 0.6) is 0 Å². The van der Waals surface area contributed by atoms with Crippen LogP contribution in [-0.2, 0) is 14.3 Å². The summed E-state index contributed by atoms with van der Waals surface area (Å²) in [7, 11) is 0. The predicted molar refractivity (Wildman–Crippen MR) is 104 cm³/mol. The van der Waals surface area contributed by atoms with Gasteiger partial charge in [0.05, 0.1) is 10.7 Å². The fourth-order valence-electron chi connectivity index (χ4n) is 2.29. The summed E-state index contributed by atoms with van der Waals surface area (Å²) in [5, 5.41) is 13.4. The van der Waals surface area contributed by atoms with E-state index in [1.165, 1.54) is 23.9 Å². The lowest BCUT2D eigenvalue weighted by molar-refractivity contribution is -0.384. The maximum atomic E-state index is 12.0. The number of hydrogen-bond acceptors (Lipinski definition) is 6. The van der Waals surface area contributed by atoms with E-state index < -0.39 is 16.8 Å². The van der Waals surface area contributed by atoms with Gasteiger partial charge in [-0.2, -0.15) is 0 Å². The number of nitro groups is 1. The van der Waals surface area contributed by atoms with Gasteiger partial charge in [0.25, 0.3) is 11.6 Å². The minimum absolute atomic E-state index is 0.00761. The maximum absolute atomic E-state index is 12.0. The Kier molecular flexibility index (Phi) is 7.36. The van der Waals surface area contributed by atoms with Gasteiger partial charge in [-0.15, -0.1) is 11.8 Å². The Morgan fingerprint density at radius 3 is 2.44 bits per heavy atom. The van der Waals surface area contributed by atoms with E-state index in [2.05, 4.69) is 5.32 Å². The Labute approximate surface area is 161 Å². The van der Waals surface area contributed by atoms with E-state index in [1.807, 2.05) is 32.0 Å². The molecule has 0 saturated carbocycles. The summed E-state index contributed by atoms with van der Waals surface area (Å²) in [6.45, 7) is 3.69. The number of carbonyl (C=O) groups excluding carboxylic acids is 2. The molecule has 0 radical (unpaired) electrons. The molecule has 1 N–H and O–H groups in total. The molecule has 0 atom stereocenters. The van der Waals surface area contributed by atoms with Crippen LogP contribution in [0.2, 0.25) is 0 Å². The van der Waals surface area contributed by atoms with E-state index in [1.54, 1.807) is 18.2 Å². The fraction of sp³-hybridized carbons (Fsp3) is 0.263. The van der Waals surface area contributed by atoms with Gasteiger partial charge >= 0.3 is 5.97 Å². The molecule has 0 aliphatic carbocycles. The number of nitrogens with zero attached hydrogens (tertiary/aromatic N) is 1. The molecule has 0 unspecified atom stereocenters. The van der Waals surface area contributed by atoms with Crippen LogP contribution in [-0.4, -0.2) is 29.2 Å². The van der Waals surface area contributed by atoms with E-state index in [0.29, 0.717) is 10.6 Å². The zero-order chi connectivity index (χ0) is 19.8. The van der Waals surface area contributed by atoms with Gasteiger partial charge in [-0.05, 0) is 29.7 Å². The Hall–Kier alpha value is -2.87. The predicted octanol–water partition coefficient (Wildman–Crippen LogP) is 3.99. The molecule has 0 aromatic heterocycles. The van der Waals surface area contributed by atoms with Crippen LogP contribution in [0, 0.1) is 10.1 Å². The fourth-order valence-corrected chi connectivity index (χ4v) is 2.99. The highest BCUT2D eigenvalue weighted by Crippen LogP contribution is 2.24. The second-order valence-electron chi connectivity index (χ2n) is 5.99. The van der Waals surface area contributed by atoms with E-state index in [9.17, 15) is 19.7 Å². The largest absolute Gasteiger partial charge is 0.455 e. The van der Waals surface area contributed by atoms with Crippen molar-refractivity contribution in [1.82, 2.24) is 0 Å². The number of anilines is 1. The molecule has 2 aromatic rings. The zero-order valence-electron chi connectivity index (χ0n) is 15.0. The number of carbonyl (C=O) groups is 2. The molecule has 0 fully saturated rings. The normalized spacial score (nSPS) is 10.5. The molecule has 0 saturated heterocycles. The van der Waals surface area contributed by atoms with Crippen LogP contribution >= 0.6 is 11.8 Å². The minimum atomic E-state index is -0.536. The second-order valence-corrected chi connectivity index (χ2v) is 7.04. The van der Waals surface area contributed by atoms with Crippen molar-refractivity contribution in [3.05, 3.63) is 64.2 Å². The van der Waals surface area contributed by atoms with Crippen molar-refractivity contribution in [2.45, 2.75) is 24.7 Å². The number of para-hydroxylation sites is 1. The number of benzene rings is 2. The highest BCUT2D eigenvalue weighted by atomic mass is 32.2. The zero-order valence-corrected chi connectivity index (χ0v) is 15.8. The molecule has 7 nitrogen and oxygen atoms in total. The molecule has 0 heterocycles. The van der Waals surface area contributed by atoms with Gasteiger partial charge in [0, 0.05) is 22.7 Å². The SMILES string of the molecule is CC(C)c1ccccc1NC(=O)COC(=O)CSc1ccc([N+](=O)[O-])cc1. The monoisotopic (exact) mass is 388 g/mol. The van der Waals surface area contributed by atoms with Crippen molar-refractivity contribution < 1.29 is 19.2 Å². The lowest BCUT2D eigenvalue weighted by Crippen LogP contribution is -2.22. The third-order valence-corrected chi connectivity index (χ3v) is 4.61. The van der Waals surface area contributed by atoms with Gasteiger partial charge in [0.15, 0.2) is 6.61 Å². The van der Waals surface area contributed by atoms with Crippen LogP contribution in [0.25, 0.3) is 0 Å². The van der Waals surface area contributed by atoms with E-state index in [-0.39, 0.29) is 24.0 Å². The first-order valence-corrected chi connectivity index (χ1v) is 9.27. The molecular formula is C19H20N2O5S. The van der Waals surface area contributed by atoms with Crippen LogP contribution in [0.15, 0.2) is 53.4 Å². The van der Waals surface area contributed by atoms with Crippen molar-refractivity contribution in [2.75, 3.05) is 17.7 Å².